The van der Waals surface area contributed by atoms with Gasteiger partial charge in [-0.2, -0.15) is 0 Å². The highest BCUT2D eigenvalue weighted by Gasteiger charge is 2.32. The van der Waals surface area contributed by atoms with Crippen LogP contribution in [0.15, 0.2) is 0 Å². The lowest BCUT2D eigenvalue weighted by Gasteiger charge is -2.37. The van der Waals surface area contributed by atoms with Crippen LogP contribution in [0.3, 0.4) is 0 Å². The van der Waals surface area contributed by atoms with E-state index in [9.17, 15) is 14.7 Å². The summed E-state index contributed by atoms with van der Waals surface area (Å²) in [6, 6.07) is 0.193. The largest absolute Gasteiger partial charge is 0.481 e. The molecule has 0 aliphatic carbocycles. The summed E-state index contributed by atoms with van der Waals surface area (Å²) in [4.78, 5) is 27.7. The molecule has 2 amide bonds. The van der Waals surface area contributed by atoms with E-state index in [-0.39, 0.29) is 11.9 Å². The highest BCUT2D eigenvalue weighted by molar-refractivity contribution is 5.76. The van der Waals surface area contributed by atoms with Gasteiger partial charge in [0.25, 0.3) is 0 Å². The molecule has 0 radical (unpaired) electrons. The molecular weight excluding hydrogens is 294 g/mol. The molecule has 6 nitrogen and oxygen atoms in total. The van der Waals surface area contributed by atoms with E-state index in [0.29, 0.717) is 32.1 Å². The molecule has 0 spiro atoms. The van der Waals surface area contributed by atoms with E-state index in [1.165, 1.54) is 12.8 Å². The summed E-state index contributed by atoms with van der Waals surface area (Å²) >= 11 is 0. The summed E-state index contributed by atoms with van der Waals surface area (Å²) < 4.78 is 0. The number of likely N-dealkylation sites (tertiary alicyclic amines) is 2. The van der Waals surface area contributed by atoms with Crippen molar-refractivity contribution in [3.8, 4) is 0 Å². The molecule has 2 fully saturated rings. The van der Waals surface area contributed by atoms with Gasteiger partial charge in [0, 0.05) is 32.2 Å². The van der Waals surface area contributed by atoms with Crippen LogP contribution in [0.25, 0.3) is 0 Å². The zero-order valence-electron chi connectivity index (χ0n) is 14.6. The number of amides is 2. The van der Waals surface area contributed by atoms with Gasteiger partial charge >= 0.3 is 12.0 Å². The van der Waals surface area contributed by atoms with Crippen LogP contribution in [-0.2, 0) is 4.79 Å². The predicted octanol–water partition coefficient (Wildman–Crippen LogP) is 1.86. The first-order chi connectivity index (χ1) is 10.9. The molecule has 2 rings (SSSR count). The van der Waals surface area contributed by atoms with Crippen LogP contribution in [0.1, 0.15) is 40.0 Å². The topological polar surface area (TPSA) is 72.9 Å². The van der Waals surface area contributed by atoms with Gasteiger partial charge in [-0.1, -0.05) is 13.8 Å². The second kappa shape index (κ2) is 7.99. The molecule has 132 valence electrons. The van der Waals surface area contributed by atoms with Gasteiger partial charge < -0.3 is 15.3 Å². The van der Waals surface area contributed by atoms with Crippen molar-refractivity contribution in [3.63, 3.8) is 0 Å². The third-order valence-corrected chi connectivity index (χ3v) is 5.16. The fourth-order valence-electron chi connectivity index (χ4n) is 3.80. The van der Waals surface area contributed by atoms with Crippen molar-refractivity contribution >= 4 is 12.0 Å². The molecule has 4 atom stereocenters. The zero-order valence-corrected chi connectivity index (χ0v) is 14.6. The number of urea groups is 1. The van der Waals surface area contributed by atoms with Gasteiger partial charge in [0.1, 0.15) is 0 Å². The Hall–Kier alpha value is -1.30. The Balaban J connectivity index is 1.80. The van der Waals surface area contributed by atoms with Crippen molar-refractivity contribution in [2.45, 2.75) is 46.1 Å². The maximum Gasteiger partial charge on any atom is 0.317 e. The van der Waals surface area contributed by atoms with E-state index in [0.717, 1.165) is 19.0 Å². The minimum absolute atomic E-state index is 0.125. The van der Waals surface area contributed by atoms with Gasteiger partial charge in [-0.15, -0.1) is 0 Å². The number of nitrogens with one attached hydrogen (secondary N) is 1. The molecule has 6 heteroatoms. The predicted molar refractivity (Wildman–Crippen MR) is 89.3 cm³/mol. The molecule has 0 aromatic heterocycles. The number of hydrogen-bond donors (Lipinski definition) is 2. The Bertz CT molecular complexity index is 429. The molecule has 2 heterocycles. The van der Waals surface area contributed by atoms with Crippen LogP contribution < -0.4 is 5.32 Å². The van der Waals surface area contributed by atoms with E-state index in [2.05, 4.69) is 24.1 Å². The summed E-state index contributed by atoms with van der Waals surface area (Å²) in [6.45, 7) is 10.2. The Labute approximate surface area is 139 Å². The fraction of sp³-hybridized carbons (Fsp3) is 0.882. The first-order valence-electron chi connectivity index (χ1n) is 8.86. The fourth-order valence-corrected chi connectivity index (χ4v) is 3.80. The van der Waals surface area contributed by atoms with Crippen molar-refractivity contribution in [1.82, 2.24) is 15.1 Å². The molecular formula is C17H31N3O3. The monoisotopic (exact) mass is 325 g/mol. The quantitative estimate of drug-likeness (QED) is 0.827. The zero-order chi connectivity index (χ0) is 17.0. The summed E-state index contributed by atoms with van der Waals surface area (Å²) in [5, 5.41) is 12.2. The number of aliphatic carboxylic acids is 1. The number of rotatable bonds is 4. The van der Waals surface area contributed by atoms with Gasteiger partial charge in [0.15, 0.2) is 0 Å². The summed E-state index contributed by atoms with van der Waals surface area (Å²) in [6.07, 6.45) is 3.17. The Morgan fingerprint density at radius 2 is 1.96 bits per heavy atom. The molecule has 4 unspecified atom stereocenters. The van der Waals surface area contributed by atoms with Crippen LogP contribution in [0.2, 0.25) is 0 Å². The second-order valence-corrected chi connectivity index (χ2v) is 7.56. The van der Waals surface area contributed by atoms with Gasteiger partial charge in [-0.25, -0.2) is 4.79 Å². The highest BCUT2D eigenvalue weighted by atomic mass is 16.4. The van der Waals surface area contributed by atoms with Crippen LogP contribution in [-0.4, -0.2) is 65.7 Å². The van der Waals surface area contributed by atoms with Crippen LogP contribution >= 0.6 is 0 Å². The Morgan fingerprint density at radius 1 is 1.22 bits per heavy atom. The molecule has 0 bridgehead atoms. The van der Waals surface area contributed by atoms with Crippen molar-refractivity contribution in [2.75, 3.05) is 32.7 Å². The van der Waals surface area contributed by atoms with Crippen LogP contribution in [0, 0.1) is 17.8 Å². The van der Waals surface area contributed by atoms with Gasteiger partial charge in [0.05, 0.1) is 5.92 Å². The second-order valence-electron chi connectivity index (χ2n) is 7.56. The molecule has 2 aliphatic rings. The minimum Gasteiger partial charge on any atom is -0.481 e. The summed E-state index contributed by atoms with van der Waals surface area (Å²) in [7, 11) is 0. The van der Waals surface area contributed by atoms with E-state index in [1.54, 1.807) is 4.90 Å². The van der Waals surface area contributed by atoms with Crippen molar-refractivity contribution in [2.24, 2.45) is 17.8 Å². The van der Waals surface area contributed by atoms with Crippen molar-refractivity contribution < 1.29 is 14.7 Å². The molecule has 2 N–H and O–H groups in total. The first-order valence-corrected chi connectivity index (χ1v) is 8.86. The van der Waals surface area contributed by atoms with E-state index in [1.807, 2.05) is 6.92 Å². The van der Waals surface area contributed by atoms with E-state index >= 15 is 0 Å². The summed E-state index contributed by atoms with van der Waals surface area (Å²) in [5.41, 5.74) is 0. The lowest BCUT2D eigenvalue weighted by atomic mass is 9.91. The number of nitrogens with zero attached hydrogens (tertiary/aromatic N) is 2. The maximum absolute atomic E-state index is 12.4. The molecule has 0 aromatic carbocycles. The maximum atomic E-state index is 12.4. The van der Waals surface area contributed by atoms with E-state index in [4.69, 9.17) is 0 Å². The number of carbonyl (C=O) groups excluding carboxylic acids is 1. The van der Waals surface area contributed by atoms with Gasteiger partial charge in [-0.05, 0) is 44.6 Å². The van der Waals surface area contributed by atoms with Gasteiger partial charge in [0.2, 0.25) is 0 Å². The molecule has 23 heavy (non-hydrogen) atoms. The van der Waals surface area contributed by atoms with Crippen molar-refractivity contribution in [1.29, 1.82) is 0 Å². The highest BCUT2D eigenvalue weighted by Crippen LogP contribution is 2.22. The number of carboxylic acid groups (broad SMARTS) is 1. The molecule has 0 aromatic rings. The lowest BCUT2D eigenvalue weighted by molar-refractivity contribution is -0.143. The lowest BCUT2D eigenvalue weighted by Crippen LogP contribution is -2.52. The third-order valence-electron chi connectivity index (χ3n) is 5.16. The summed E-state index contributed by atoms with van der Waals surface area (Å²) in [5.74, 6) is -0.285. The molecule has 2 saturated heterocycles. The van der Waals surface area contributed by atoms with Crippen LogP contribution in [0.4, 0.5) is 4.79 Å². The first kappa shape index (κ1) is 18.0. The number of carboxylic acids is 1. The molecule has 2 aliphatic heterocycles. The number of carbonyl (C=O) groups is 2. The Morgan fingerprint density at radius 3 is 2.61 bits per heavy atom. The number of piperidine rings is 2. The average Bonchev–Trinajstić information content (AvgIpc) is 2.51. The van der Waals surface area contributed by atoms with Crippen LogP contribution in [0.5, 0.6) is 0 Å². The standard InChI is InChI=1S/C17H31N3O3/c1-12-5-4-6-19(9-12)14(3)8-18-17(23)20-10-13(2)7-15(11-20)16(21)22/h12-15H,4-11H2,1-3H3,(H,18,23)(H,21,22). The van der Waals surface area contributed by atoms with Crippen molar-refractivity contribution in [3.05, 3.63) is 0 Å². The third kappa shape index (κ3) is 5.09. The molecule has 0 saturated carbocycles. The normalized spacial score (nSPS) is 30.7. The van der Waals surface area contributed by atoms with Gasteiger partial charge in [-0.3, -0.25) is 9.69 Å². The average molecular weight is 325 g/mol. The smallest absolute Gasteiger partial charge is 0.317 e. The van der Waals surface area contributed by atoms with E-state index < -0.39 is 11.9 Å². The SMILES string of the molecule is CC1CC(C(=O)O)CN(C(=O)NCC(C)N2CCCC(C)C2)C1. The minimum atomic E-state index is -0.801. The Kier molecular flexibility index (Phi) is 6.27. The number of hydrogen-bond acceptors (Lipinski definition) is 3.